The molecule has 0 spiro atoms. The molecule has 0 atom stereocenters. The van der Waals surface area contributed by atoms with Crippen molar-refractivity contribution >= 4 is 38.0 Å². The summed E-state index contributed by atoms with van der Waals surface area (Å²) >= 11 is 1.67. The van der Waals surface area contributed by atoms with Gasteiger partial charge >= 0.3 is 0 Å². The van der Waals surface area contributed by atoms with Crippen LogP contribution < -0.4 is 5.73 Å². The average Bonchev–Trinajstić information content (AvgIpc) is 3.33. The molecule has 0 bridgehead atoms. The van der Waals surface area contributed by atoms with E-state index in [1.165, 1.54) is 4.88 Å². The zero-order chi connectivity index (χ0) is 21.3. The van der Waals surface area contributed by atoms with Crippen LogP contribution in [0.2, 0.25) is 0 Å². The zero-order valence-electron chi connectivity index (χ0n) is 16.7. The second-order valence-corrected chi connectivity index (χ2v) is 11.3. The quantitative estimate of drug-likeness (QED) is 0.517. The number of nitrogens with two attached hydrogens (primary N) is 1. The van der Waals surface area contributed by atoms with E-state index in [-0.39, 0.29) is 36.4 Å². The Morgan fingerprint density at radius 1 is 1.20 bits per heavy atom. The summed E-state index contributed by atoms with van der Waals surface area (Å²) in [6, 6.07) is 6.28. The van der Waals surface area contributed by atoms with Crippen LogP contribution in [0.3, 0.4) is 0 Å². The predicted molar refractivity (Wildman–Crippen MR) is 121 cm³/mol. The highest BCUT2D eigenvalue weighted by Gasteiger charge is 2.27. The van der Waals surface area contributed by atoms with Crippen LogP contribution in [0, 0.1) is 0 Å². The van der Waals surface area contributed by atoms with Crippen molar-refractivity contribution in [3.8, 4) is 11.1 Å². The number of nitrogens with one attached hydrogen (secondary N) is 1. The van der Waals surface area contributed by atoms with Gasteiger partial charge in [-0.3, -0.25) is 4.79 Å². The highest BCUT2D eigenvalue weighted by Crippen LogP contribution is 2.38. The third-order valence-electron chi connectivity index (χ3n) is 5.83. The van der Waals surface area contributed by atoms with E-state index in [0.717, 1.165) is 46.0 Å². The fraction of sp³-hybridized carbons (Fsp3) is 0.409. The van der Waals surface area contributed by atoms with Crippen LogP contribution in [-0.2, 0) is 27.5 Å². The van der Waals surface area contributed by atoms with Crippen LogP contribution in [-0.4, -0.2) is 42.5 Å². The highest BCUT2D eigenvalue weighted by molar-refractivity contribution is 7.91. The molecule has 6 nitrogen and oxygen atoms in total. The number of hydrogen-bond acceptors (Lipinski definition) is 5. The number of rotatable bonds is 7. The first-order valence-corrected chi connectivity index (χ1v) is 12.9. The SMILES string of the molecule is NC(=O)Cc1cc(-c2csc(CCCO)c2)cc2c(C3CCS(=O)(=O)CC3)c[nH]c12. The van der Waals surface area contributed by atoms with E-state index < -0.39 is 9.84 Å². The molecule has 1 aliphatic rings. The van der Waals surface area contributed by atoms with Crippen molar-refractivity contribution in [3.63, 3.8) is 0 Å². The maximum absolute atomic E-state index is 11.8. The monoisotopic (exact) mass is 446 g/mol. The lowest BCUT2D eigenvalue weighted by Gasteiger charge is -2.21. The first-order chi connectivity index (χ1) is 14.4. The number of benzene rings is 1. The Bertz CT molecular complexity index is 1160. The van der Waals surface area contributed by atoms with E-state index in [1.54, 1.807) is 11.3 Å². The molecule has 3 aromatic rings. The minimum atomic E-state index is -2.93. The molecule has 160 valence electrons. The highest BCUT2D eigenvalue weighted by atomic mass is 32.2. The van der Waals surface area contributed by atoms with Gasteiger partial charge in [0, 0.05) is 28.6 Å². The Kier molecular flexibility index (Phi) is 5.99. The number of primary amides is 1. The molecule has 4 rings (SSSR count). The summed E-state index contributed by atoms with van der Waals surface area (Å²) in [7, 11) is -2.93. The molecular formula is C22H26N2O4S2. The molecule has 4 N–H and O–H groups in total. The number of hydrogen-bond donors (Lipinski definition) is 3. The van der Waals surface area contributed by atoms with Crippen LogP contribution in [0.1, 0.15) is 41.2 Å². The van der Waals surface area contributed by atoms with Crippen LogP contribution in [0.4, 0.5) is 0 Å². The number of carbonyl (C=O) groups is 1. The summed E-state index contributed by atoms with van der Waals surface area (Å²) in [4.78, 5) is 16.2. The van der Waals surface area contributed by atoms with E-state index in [0.29, 0.717) is 12.8 Å². The molecular weight excluding hydrogens is 420 g/mol. The number of aromatic nitrogens is 1. The topological polar surface area (TPSA) is 113 Å². The lowest BCUT2D eigenvalue weighted by atomic mass is 9.90. The first-order valence-electron chi connectivity index (χ1n) is 10.2. The number of sulfone groups is 1. The molecule has 0 unspecified atom stereocenters. The van der Waals surface area contributed by atoms with E-state index >= 15 is 0 Å². The predicted octanol–water partition coefficient (Wildman–Crippen LogP) is 3.14. The third-order valence-corrected chi connectivity index (χ3v) is 8.54. The summed E-state index contributed by atoms with van der Waals surface area (Å²) < 4.78 is 23.7. The maximum Gasteiger partial charge on any atom is 0.221 e. The number of aromatic amines is 1. The molecule has 2 aromatic heterocycles. The van der Waals surface area contributed by atoms with Gasteiger partial charge in [0.25, 0.3) is 0 Å². The second kappa shape index (κ2) is 8.53. The van der Waals surface area contributed by atoms with Crippen molar-refractivity contribution in [3.05, 3.63) is 45.8 Å². The number of aliphatic hydroxyl groups excluding tert-OH is 1. The van der Waals surface area contributed by atoms with E-state index in [1.807, 2.05) is 12.3 Å². The van der Waals surface area contributed by atoms with Crippen LogP contribution in [0.5, 0.6) is 0 Å². The Labute approximate surface area is 180 Å². The number of carbonyl (C=O) groups excluding carboxylic acids is 1. The van der Waals surface area contributed by atoms with Gasteiger partial charge in [-0.25, -0.2) is 8.42 Å². The van der Waals surface area contributed by atoms with Gasteiger partial charge in [0.1, 0.15) is 9.84 Å². The molecule has 1 aliphatic heterocycles. The largest absolute Gasteiger partial charge is 0.396 e. The molecule has 0 radical (unpaired) electrons. The molecule has 1 aromatic carbocycles. The summed E-state index contributed by atoms with van der Waals surface area (Å²) in [6.07, 6.45) is 4.91. The number of amides is 1. The molecule has 1 fully saturated rings. The number of aliphatic hydroxyl groups is 1. The van der Waals surface area contributed by atoms with E-state index in [4.69, 9.17) is 10.8 Å². The van der Waals surface area contributed by atoms with Gasteiger partial charge in [-0.2, -0.15) is 0 Å². The molecule has 30 heavy (non-hydrogen) atoms. The normalized spacial score (nSPS) is 16.8. The smallest absolute Gasteiger partial charge is 0.221 e. The maximum atomic E-state index is 11.8. The fourth-order valence-electron chi connectivity index (χ4n) is 4.28. The summed E-state index contributed by atoms with van der Waals surface area (Å²) in [5.74, 6) is 0.234. The van der Waals surface area contributed by atoms with Crippen molar-refractivity contribution in [1.82, 2.24) is 4.98 Å². The first kappa shape index (κ1) is 21.1. The minimum absolute atomic E-state index is 0.144. The average molecular weight is 447 g/mol. The van der Waals surface area contributed by atoms with Crippen molar-refractivity contribution in [2.24, 2.45) is 5.73 Å². The molecule has 0 saturated carbocycles. The molecule has 3 heterocycles. The van der Waals surface area contributed by atoms with Crippen molar-refractivity contribution < 1.29 is 18.3 Å². The second-order valence-electron chi connectivity index (χ2n) is 8.00. The summed E-state index contributed by atoms with van der Waals surface area (Å²) in [5, 5.41) is 12.2. The van der Waals surface area contributed by atoms with Gasteiger partial charge in [-0.15, -0.1) is 11.3 Å². The Morgan fingerprint density at radius 3 is 2.67 bits per heavy atom. The number of fused-ring (bicyclic) bond motifs is 1. The molecule has 1 amide bonds. The number of H-pyrrole nitrogens is 1. The summed E-state index contributed by atoms with van der Waals surface area (Å²) in [5.41, 5.74) is 10.5. The standard InChI is InChI=1S/C22H26N2O4S2/c23-21(26)11-16-8-15(17-9-18(29-13-17)2-1-5-25)10-19-20(12-24-22(16)19)14-3-6-30(27,28)7-4-14/h8-10,12-14,24-25H,1-7,11H2,(H2,23,26). The molecule has 8 heteroatoms. The minimum Gasteiger partial charge on any atom is -0.396 e. The van der Waals surface area contributed by atoms with Gasteiger partial charge in [-0.1, -0.05) is 0 Å². The van der Waals surface area contributed by atoms with Crippen molar-refractivity contribution in [2.45, 2.75) is 38.0 Å². The lowest BCUT2D eigenvalue weighted by molar-refractivity contribution is -0.117. The number of aryl methyl sites for hydroxylation is 1. The van der Waals surface area contributed by atoms with Gasteiger partial charge in [0.15, 0.2) is 0 Å². The Hall–Kier alpha value is -2.16. The van der Waals surface area contributed by atoms with Gasteiger partial charge in [-0.05, 0) is 77.4 Å². The third kappa shape index (κ3) is 4.45. The number of thiophene rings is 1. The van der Waals surface area contributed by atoms with Crippen LogP contribution in [0.15, 0.2) is 29.8 Å². The Balaban J connectivity index is 1.76. The van der Waals surface area contributed by atoms with E-state index in [2.05, 4.69) is 22.5 Å². The van der Waals surface area contributed by atoms with Crippen LogP contribution >= 0.6 is 11.3 Å². The van der Waals surface area contributed by atoms with E-state index in [9.17, 15) is 13.2 Å². The Morgan fingerprint density at radius 2 is 1.97 bits per heavy atom. The lowest BCUT2D eigenvalue weighted by Crippen LogP contribution is -2.22. The molecule has 1 saturated heterocycles. The summed E-state index contributed by atoms with van der Waals surface area (Å²) in [6.45, 7) is 0.172. The van der Waals surface area contributed by atoms with Crippen molar-refractivity contribution in [2.75, 3.05) is 18.1 Å². The fourth-order valence-corrected chi connectivity index (χ4v) is 6.71. The molecule has 0 aliphatic carbocycles. The van der Waals surface area contributed by atoms with Gasteiger partial charge in [0.2, 0.25) is 5.91 Å². The van der Waals surface area contributed by atoms with Gasteiger partial charge < -0.3 is 15.8 Å². The van der Waals surface area contributed by atoms with Crippen molar-refractivity contribution in [1.29, 1.82) is 0 Å². The zero-order valence-corrected chi connectivity index (χ0v) is 18.3. The van der Waals surface area contributed by atoms with Gasteiger partial charge in [0.05, 0.1) is 17.9 Å². The van der Waals surface area contributed by atoms with Crippen LogP contribution in [0.25, 0.3) is 22.0 Å².